The van der Waals surface area contributed by atoms with E-state index in [2.05, 4.69) is 68.0 Å². The van der Waals surface area contributed by atoms with Crippen LogP contribution in [0.1, 0.15) is 32.1 Å². The number of benzene rings is 1. The second-order valence-electron chi connectivity index (χ2n) is 6.59. The average molecular weight is 301 g/mol. The van der Waals surface area contributed by atoms with E-state index in [1.54, 1.807) is 5.19 Å². The van der Waals surface area contributed by atoms with Crippen molar-refractivity contribution < 1.29 is 0 Å². The Morgan fingerprint density at radius 3 is 2.05 bits per heavy atom. The Kier molecular flexibility index (Phi) is 4.87. The minimum absolute atomic E-state index is 0.906. The van der Waals surface area contributed by atoms with Gasteiger partial charge in [0.1, 0.15) is 7.59 Å². The predicted octanol–water partition coefficient (Wildman–Crippen LogP) is 4.91. The van der Waals surface area contributed by atoms with Gasteiger partial charge in [-0.25, -0.2) is 0 Å². The van der Waals surface area contributed by atoms with Gasteiger partial charge < -0.3 is 0 Å². The van der Waals surface area contributed by atoms with Crippen molar-refractivity contribution in [1.82, 2.24) is 0 Å². The molecular formula is C18H28Si2. The van der Waals surface area contributed by atoms with Crippen molar-refractivity contribution >= 4 is 20.4 Å². The van der Waals surface area contributed by atoms with Crippen LogP contribution in [0, 0.1) is 0 Å². The van der Waals surface area contributed by atoms with Gasteiger partial charge in [-0.1, -0.05) is 86.4 Å². The number of hydrogen-bond donors (Lipinski definition) is 0. The van der Waals surface area contributed by atoms with Crippen molar-refractivity contribution in [2.24, 2.45) is 0 Å². The summed E-state index contributed by atoms with van der Waals surface area (Å²) in [7, 11) is -3.19. The molecule has 1 saturated carbocycles. The van der Waals surface area contributed by atoms with E-state index in [9.17, 15) is 0 Å². The maximum absolute atomic E-state index is 4.30. The average Bonchev–Trinajstić information content (AvgIpc) is 2.54. The Morgan fingerprint density at radius 1 is 0.950 bits per heavy atom. The van der Waals surface area contributed by atoms with Gasteiger partial charge in [0.15, 0.2) is 0 Å². The van der Waals surface area contributed by atoms with Crippen LogP contribution in [0.2, 0.25) is 18.6 Å². The minimum Gasteiger partial charge on any atom is -0.107 e. The Balaban J connectivity index is 2.45. The smallest absolute Gasteiger partial charge is 0.103 e. The SMILES string of the molecule is C=C[Si](C)(c1ccccc1)[Si](C)(C=C)C1CCCCC1. The van der Waals surface area contributed by atoms with Gasteiger partial charge in [0.05, 0.1) is 7.59 Å². The molecule has 2 rings (SSSR count). The molecule has 108 valence electrons. The van der Waals surface area contributed by atoms with Crippen LogP contribution in [-0.4, -0.2) is 15.2 Å². The predicted molar refractivity (Wildman–Crippen MR) is 96.5 cm³/mol. The quantitative estimate of drug-likeness (QED) is 0.678. The van der Waals surface area contributed by atoms with Crippen LogP contribution in [0.15, 0.2) is 54.9 Å². The van der Waals surface area contributed by atoms with Crippen LogP contribution in [0.5, 0.6) is 0 Å². The molecule has 0 heterocycles. The molecule has 0 amide bonds. The van der Waals surface area contributed by atoms with Crippen molar-refractivity contribution in [3.05, 3.63) is 54.9 Å². The van der Waals surface area contributed by atoms with Gasteiger partial charge in [-0.15, -0.1) is 18.9 Å². The zero-order valence-electron chi connectivity index (χ0n) is 13.1. The molecule has 2 heteroatoms. The summed E-state index contributed by atoms with van der Waals surface area (Å²) in [6, 6.07) is 11.1. The highest BCUT2D eigenvalue weighted by Crippen LogP contribution is 2.42. The molecule has 0 radical (unpaired) electrons. The highest BCUT2D eigenvalue weighted by atomic mass is 29.3. The fraction of sp³-hybridized carbons (Fsp3) is 0.444. The van der Waals surface area contributed by atoms with E-state index in [1.807, 2.05) is 0 Å². The van der Waals surface area contributed by atoms with Crippen LogP contribution in [-0.2, 0) is 0 Å². The molecule has 1 aromatic rings. The Labute approximate surface area is 126 Å². The fourth-order valence-corrected chi connectivity index (χ4v) is 17.7. The zero-order valence-corrected chi connectivity index (χ0v) is 15.1. The van der Waals surface area contributed by atoms with E-state index in [0.717, 1.165) is 5.54 Å². The Hall–Kier alpha value is -0.866. The Bertz CT molecular complexity index is 462. The van der Waals surface area contributed by atoms with Crippen molar-refractivity contribution in [2.45, 2.75) is 50.7 Å². The summed E-state index contributed by atoms with van der Waals surface area (Å²) < 4.78 is 0. The van der Waals surface area contributed by atoms with Gasteiger partial charge in [-0.05, 0) is 5.54 Å². The van der Waals surface area contributed by atoms with Crippen LogP contribution < -0.4 is 5.19 Å². The lowest BCUT2D eigenvalue weighted by atomic mass is 10.0. The fourth-order valence-electron chi connectivity index (χ4n) is 3.94. The molecule has 1 aliphatic carbocycles. The molecule has 0 bridgehead atoms. The molecule has 0 nitrogen and oxygen atoms in total. The van der Waals surface area contributed by atoms with E-state index in [4.69, 9.17) is 0 Å². The third kappa shape index (κ3) is 2.51. The maximum atomic E-state index is 4.30. The zero-order chi connectivity index (χ0) is 14.6. The molecule has 1 aliphatic rings. The first-order chi connectivity index (χ1) is 9.58. The van der Waals surface area contributed by atoms with Gasteiger partial charge in [0.2, 0.25) is 0 Å². The number of hydrogen-bond acceptors (Lipinski definition) is 0. The molecule has 0 aliphatic heterocycles. The lowest BCUT2D eigenvalue weighted by molar-refractivity contribution is 0.496. The molecule has 2 atom stereocenters. The van der Waals surface area contributed by atoms with E-state index in [1.165, 1.54) is 32.1 Å². The molecule has 20 heavy (non-hydrogen) atoms. The first-order valence-electron chi connectivity index (χ1n) is 7.91. The third-order valence-corrected chi connectivity index (χ3v) is 23.5. The van der Waals surface area contributed by atoms with E-state index in [-0.39, 0.29) is 0 Å². The van der Waals surface area contributed by atoms with Crippen molar-refractivity contribution in [3.8, 4) is 0 Å². The first-order valence-corrected chi connectivity index (χ1v) is 14.1. The van der Waals surface area contributed by atoms with Crippen LogP contribution in [0.3, 0.4) is 0 Å². The summed E-state index contributed by atoms with van der Waals surface area (Å²) in [5.74, 6) is 0. The normalized spacial score (nSPS) is 22.5. The summed E-state index contributed by atoms with van der Waals surface area (Å²) in [5, 5.41) is 1.55. The second-order valence-corrected chi connectivity index (χ2v) is 20.1. The summed E-state index contributed by atoms with van der Waals surface area (Å²) >= 11 is 0. The van der Waals surface area contributed by atoms with E-state index in [0.29, 0.717) is 0 Å². The lowest BCUT2D eigenvalue weighted by Crippen LogP contribution is -2.67. The first kappa shape index (κ1) is 15.5. The molecule has 0 spiro atoms. The van der Waals surface area contributed by atoms with Crippen LogP contribution in [0.4, 0.5) is 0 Å². The molecule has 0 saturated heterocycles. The monoisotopic (exact) mass is 300 g/mol. The van der Waals surface area contributed by atoms with Crippen LogP contribution >= 0.6 is 0 Å². The maximum Gasteiger partial charge on any atom is 0.103 e. The summed E-state index contributed by atoms with van der Waals surface area (Å²) in [5.41, 5.74) is 5.64. The Morgan fingerprint density at radius 2 is 1.55 bits per heavy atom. The standard InChI is InChI=1S/C18H28Si2/c1-5-19(3,17-13-9-7-10-14-17)20(4,6-2)18-15-11-8-12-16-18/h5-7,9-10,13-14,18H,1-2,8,11-12,15-16H2,3-4H3. The van der Waals surface area contributed by atoms with Gasteiger partial charge in [-0.2, -0.15) is 0 Å². The summed E-state index contributed by atoms with van der Waals surface area (Å²) in [6.45, 7) is 13.7. The topological polar surface area (TPSA) is 0 Å². The van der Waals surface area contributed by atoms with Gasteiger partial charge in [0.25, 0.3) is 0 Å². The second kappa shape index (κ2) is 6.27. The van der Waals surface area contributed by atoms with E-state index >= 15 is 0 Å². The van der Waals surface area contributed by atoms with Crippen LogP contribution in [0.25, 0.3) is 0 Å². The van der Waals surface area contributed by atoms with Gasteiger partial charge >= 0.3 is 0 Å². The molecule has 0 aromatic heterocycles. The molecule has 1 aromatic carbocycles. The van der Waals surface area contributed by atoms with E-state index < -0.39 is 15.2 Å². The highest BCUT2D eigenvalue weighted by molar-refractivity contribution is 7.50. The van der Waals surface area contributed by atoms with Crippen molar-refractivity contribution in [2.75, 3.05) is 0 Å². The summed E-state index contributed by atoms with van der Waals surface area (Å²) in [4.78, 5) is 0. The molecule has 1 fully saturated rings. The lowest BCUT2D eigenvalue weighted by Gasteiger charge is -2.46. The molecule has 2 unspecified atom stereocenters. The highest BCUT2D eigenvalue weighted by Gasteiger charge is 2.50. The summed E-state index contributed by atoms with van der Waals surface area (Å²) in [6.07, 6.45) is 7.08. The van der Waals surface area contributed by atoms with Crippen molar-refractivity contribution in [3.63, 3.8) is 0 Å². The largest absolute Gasteiger partial charge is 0.107 e. The van der Waals surface area contributed by atoms with Crippen molar-refractivity contribution in [1.29, 1.82) is 0 Å². The van der Waals surface area contributed by atoms with Gasteiger partial charge in [-0.3, -0.25) is 0 Å². The molecule has 0 N–H and O–H groups in total. The third-order valence-electron chi connectivity index (χ3n) is 5.78. The molecular weight excluding hydrogens is 272 g/mol. The number of rotatable bonds is 5. The minimum atomic E-state index is -1.66. The van der Waals surface area contributed by atoms with Gasteiger partial charge in [0, 0.05) is 0 Å².